The highest BCUT2D eigenvalue weighted by molar-refractivity contribution is 9.10. The summed E-state index contributed by atoms with van der Waals surface area (Å²) in [6, 6.07) is 3.17. The van der Waals surface area contributed by atoms with E-state index in [0.717, 1.165) is 10.0 Å². The molecule has 2 rings (SSSR count). The van der Waals surface area contributed by atoms with Gasteiger partial charge in [-0.25, -0.2) is 14.8 Å². The maximum absolute atomic E-state index is 12.0. The Kier molecular flexibility index (Phi) is 5.69. The van der Waals surface area contributed by atoms with E-state index < -0.39 is 6.03 Å². The Morgan fingerprint density at radius 2 is 2.17 bits per heavy atom. The molecule has 0 aliphatic carbocycles. The van der Waals surface area contributed by atoms with Crippen LogP contribution in [0, 0.1) is 0 Å². The molecule has 8 nitrogen and oxygen atoms in total. The summed E-state index contributed by atoms with van der Waals surface area (Å²) in [7, 11) is 5.25. The molecule has 2 aromatic heterocycles. The Bertz CT molecular complexity index is 695. The molecule has 0 saturated heterocycles. The average Bonchev–Trinajstić information content (AvgIpc) is 2.53. The van der Waals surface area contributed by atoms with E-state index in [1.807, 2.05) is 25.1 Å². The number of urea groups is 1. The van der Waals surface area contributed by atoms with Crippen molar-refractivity contribution >= 4 is 33.7 Å². The molecule has 2 amide bonds. The highest BCUT2D eigenvalue weighted by Gasteiger charge is 2.09. The van der Waals surface area contributed by atoms with Crippen molar-refractivity contribution in [1.29, 1.82) is 0 Å². The van der Waals surface area contributed by atoms with Gasteiger partial charge in [0.25, 0.3) is 0 Å². The number of amides is 2. The molecule has 0 aliphatic rings. The molecule has 2 heterocycles. The molecule has 0 bridgehead atoms. The zero-order valence-electron chi connectivity index (χ0n) is 13.0. The molecule has 0 radical (unpaired) electrons. The van der Waals surface area contributed by atoms with E-state index in [1.165, 1.54) is 7.11 Å². The predicted octanol–water partition coefficient (Wildman–Crippen LogP) is 2.03. The number of halogens is 1. The zero-order valence-corrected chi connectivity index (χ0v) is 14.6. The van der Waals surface area contributed by atoms with E-state index in [4.69, 9.17) is 4.74 Å². The lowest BCUT2D eigenvalue weighted by Gasteiger charge is -2.12. The second-order valence-electron chi connectivity index (χ2n) is 4.76. The van der Waals surface area contributed by atoms with E-state index in [9.17, 15) is 4.79 Å². The van der Waals surface area contributed by atoms with Crippen molar-refractivity contribution in [2.75, 3.05) is 31.4 Å². The average molecular weight is 381 g/mol. The third-order valence-electron chi connectivity index (χ3n) is 2.85. The van der Waals surface area contributed by atoms with Crippen molar-refractivity contribution in [3.63, 3.8) is 0 Å². The minimum absolute atomic E-state index is 0.230. The van der Waals surface area contributed by atoms with Crippen molar-refractivity contribution in [2.24, 2.45) is 0 Å². The Morgan fingerprint density at radius 1 is 1.39 bits per heavy atom. The normalized spacial score (nSPS) is 10.1. The van der Waals surface area contributed by atoms with Crippen molar-refractivity contribution in [1.82, 2.24) is 20.3 Å². The van der Waals surface area contributed by atoms with E-state index in [2.05, 4.69) is 41.5 Å². The van der Waals surface area contributed by atoms with Gasteiger partial charge in [-0.15, -0.1) is 0 Å². The van der Waals surface area contributed by atoms with Gasteiger partial charge in [-0.05, 0) is 28.1 Å². The molecule has 0 saturated carbocycles. The van der Waals surface area contributed by atoms with Crippen molar-refractivity contribution in [2.45, 2.75) is 6.54 Å². The van der Waals surface area contributed by atoms with Crippen LogP contribution in [0.3, 0.4) is 0 Å². The summed E-state index contributed by atoms with van der Waals surface area (Å²) < 4.78 is 5.96. The minimum atomic E-state index is -0.414. The molecule has 0 fully saturated rings. The van der Waals surface area contributed by atoms with Crippen LogP contribution in [0.15, 0.2) is 29.0 Å². The Balaban J connectivity index is 1.98. The van der Waals surface area contributed by atoms with Gasteiger partial charge in [-0.2, -0.15) is 4.98 Å². The monoisotopic (exact) mass is 380 g/mol. The first-order valence-corrected chi connectivity index (χ1v) is 7.52. The van der Waals surface area contributed by atoms with Crippen LogP contribution in [0.2, 0.25) is 0 Å². The quantitative estimate of drug-likeness (QED) is 0.824. The minimum Gasteiger partial charge on any atom is -0.481 e. The molecule has 2 N–H and O–H groups in total. The number of methoxy groups -OCH3 is 1. The van der Waals surface area contributed by atoms with E-state index in [-0.39, 0.29) is 12.5 Å². The second-order valence-corrected chi connectivity index (χ2v) is 5.68. The maximum atomic E-state index is 12.0. The van der Waals surface area contributed by atoms with Gasteiger partial charge >= 0.3 is 6.03 Å². The number of nitrogens with zero attached hydrogens (tertiary/aromatic N) is 4. The number of nitrogens with one attached hydrogen (secondary N) is 2. The lowest BCUT2D eigenvalue weighted by atomic mass is 10.3. The Hall–Kier alpha value is -2.42. The van der Waals surface area contributed by atoms with Gasteiger partial charge in [0, 0.05) is 43.1 Å². The molecule has 0 unspecified atom stereocenters. The van der Waals surface area contributed by atoms with Gasteiger partial charge in [0.2, 0.25) is 11.8 Å². The lowest BCUT2D eigenvalue weighted by molar-refractivity contribution is 0.251. The van der Waals surface area contributed by atoms with Crippen molar-refractivity contribution in [3.05, 3.63) is 34.6 Å². The maximum Gasteiger partial charge on any atom is 0.321 e. The topological polar surface area (TPSA) is 92.3 Å². The summed E-state index contributed by atoms with van der Waals surface area (Å²) in [5, 5.41) is 5.30. The van der Waals surface area contributed by atoms with Crippen LogP contribution in [-0.4, -0.2) is 42.2 Å². The highest BCUT2D eigenvalue weighted by Crippen LogP contribution is 2.19. The molecule has 9 heteroatoms. The predicted molar refractivity (Wildman–Crippen MR) is 90.7 cm³/mol. The molecule has 122 valence electrons. The molecule has 2 aromatic rings. The number of ether oxygens (including phenoxy) is 1. The smallest absolute Gasteiger partial charge is 0.321 e. The lowest BCUT2D eigenvalue weighted by Crippen LogP contribution is -2.29. The molecule has 23 heavy (non-hydrogen) atoms. The first-order valence-electron chi connectivity index (χ1n) is 6.73. The SMILES string of the molecule is COc1ncc(Br)cc1CNC(=O)Nc1nccc(N(C)C)n1. The zero-order chi connectivity index (χ0) is 16.8. The molecular formula is C14H17BrN6O2. The number of anilines is 2. The van der Waals surface area contributed by atoms with Crippen molar-refractivity contribution in [3.8, 4) is 5.88 Å². The fourth-order valence-corrected chi connectivity index (χ4v) is 2.14. The molecule has 0 aliphatic heterocycles. The molecule has 0 aromatic carbocycles. The Labute approximate surface area is 142 Å². The van der Waals surface area contributed by atoms with E-state index in [1.54, 1.807) is 18.5 Å². The van der Waals surface area contributed by atoms with Gasteiger partial charge in [-0.3, -0.25) is 5.32 Å². The van der Waals surface area contributed by atoms with Crippen LogP contribution in [0.25, 0.3) is 0 Å². The Morgan fingerprint density at radius 3 is 2.87 bits per heavy atom. The summed E-state index contributed by atoms with van der Waals surface area (Å²) in [4.78, 5) is 26.1. The first-order chi connectivity index (χ1) is 11.0. The molecule has 0 atom stereocenters. The van der Waals surface area contributed by atoms with Crippen LogP contribution >= 0.6 is 15.9 Å². The highest BCUT2D eigenvalue weighted by atomic mass is 79.9. The third-order valence-corrected chi connectivity index (χ3v) is 3.28. The summed E-state index contributed by atoms with van der Waals surface area (Å²) in [6.07, 6.45) is 3.21. The number of hydrogen-bond donors (Lipinski definition) is 2. The molecular weight excluding hydrogens is 364 g/mol. The summed E-state index contributed by atoms with van der Waals surface area (Å²) in [5.41, 5.74) is 0.750. The number of carbonyl (C=O) groups excluding carboxylic acids is 1. The third kappa shape index (κ3) is 4.78. The number of pyridine rings is 1. The van der Waals surface area contributed by atoms with Crippen LogP contribution in [0.4, 0.5) is 16.6 Å². The number of carbonyl (C=O) groups is 1. The number of rotatable bonds is 5. The standard InChI is InChI=1S/C14H17BrN6O2/c1-21(2)11-4-5-16-13(19-11)20-14(22)18-7-9-6-10(15)8-17-12(9)23-3/h4-6,8H,7H2,1-3H3,(H2,16,18,19,20,22). The summed E-state index contributed by atoms with van der Waals surface area (Å²) >= 11 is 3.34. The fraction of sp³-hybridized carbons (Fsp3) is 0.286. The molecule has 0 spiro atoms. The van der Waals surface area contributed by atoms with E-state index in [0.29, 0.717) is 11.7 Å². The van der Waals surface area contributed by atoms with Gasteiger partial charge in [-0.1, -0.05) is 0 Å². The van der Waals surface area contributed by atoms with Crippen LogP contribution in [-0.2, 0) is 6.54 Å². The second kappa shape index (κ2) is 7.73. The number of hydrogen-bond acceptors (Lipinski definition) is 6. The van der Waals surface area contributed by atoms with Crippen molar-refractivity contribution < 1.29 is 9.53 Å². The first kappa shape index (κ1) is 16.9. The summed E-state index contributed by atoms with van der Waals surface area (Å²) in [5.74, 6) is 1.39. The van der Waals surface area contributed by atoms with Gasteiger partial charge in [0.05, 0.1) is 7.11 Å². The van der Waals surface area contributed by atoms with Crippen LogP contribution in [0.1, 0.15) is 5.56 Å². The summed E-state index contributed by atoms with van der Waals surface area (Å²) in [6.45, 7) is 0.259. The number of aromatic nitrogens is 3. The van der Waals surface area contributed by atoms with Crippen LogP contribution in [0.5, 0.6) is 5.88 Å². The van der Waals surface area contributed by atoms with Crippen LogP contribution < -0.4 is 20.3 Å². The van der Waals surface area contributed by atoms with Gasteiger partial charge in [0.15, 0.2) is 0 Å². The van der Waals surface area contributed by atoms with E-state index >= 15 is 0 Å². The largest absolute Gasteiger partial charge is 0.481 e. The van der Waals surface area contributed by atoms with Gasteiger partial charge in [0.1, 0.15) is 5.82 Å². The van der Waals surface area contributed by atoms with Gasteiger partial charge < -0.3 is 15.0 Å². The fourth-order valence-electron chi connectivity index (χ4n) is 1.76.